The van der Waals surface area contributed by atoms with Gasteiger partial charge in [-0.2, -0.15) is 9.36 Å². The molecule has 2 aliphatic heterocycles. The number of thioether (sulfide) groups is 1. The highest BCUT2D eigenvalue weighted by Gasteiger charge is 2.60. The largest absolute Gasteiger partial charge is 0.477 e. The second-order valence-corrected chi connectivity index (χ2v) is 8.80. The van der Waals surface area contributed by atoms with Gasteiger partial charge in [-0.1, -0.05) is 18.7 Å². The number of aliphatic hydroxyl groups excluding tert-OH is 1. The van der Waals surface area contributed by atoms with Crippen LogP contribution in [0.3, 0.4) is 0 Å². The van der Waals surface area contributed by atoms with Gasteiger partial charge in [-0.25, -0.2) is 4.79 Å². The molecule has 5 atom stereocenters. The number of likely N-dealkylation sites (N-methyl/N-ethyl adjacent to an activating group) is 1. The lowest BCUT2D eigenvalue weighted by Gasteiger charge is -2.46. The van der Waals surface area contributed by atoms with Crippen LogP contribution in [0.5, 0.6) is 0 Å². The first-order chi connectivity index (χ1) is 13.2. The number of fused-ring (bicyclic) bond motifs is 1. The molecule has 152 valence electrons. The number of aliphatic carboxylic acids is 1. The molecular weight excluding hydrogens is 406 g/mol. The van der Waals surface area contributed by atoms with E-state index in [4.69, 9.17) is 0 Å². The molecule has 10 nitrogen and oxygen atoms in total. The van der Waals surface area contributed by atoms with Crippen LogP contribution in [0, 0.1) is 11.8 Å². The normalized spacial score (nSPS) is 26.0. The van der Waals surface area contributed by atoms with Crippen molar-refractivity contribution in [2.24, 2.45) is 11.8 Å². The molecule has 1 saturated heterocycles. The maximum atomic E-state index is 12.3. The summed E-state index contributed by atoms with van der Waals surface area (Å²) in [6.07, 6.45) is -0.854. The number of carboxylic acids is 1. The number of amides is 2. The number of hydrogen-bond acceptors (Lipinski definition) is 9. The van der Waals surface area contributed by atoms with Crippen LogP contribution in [0.2, 0.25) is 0 Å². The van der Waals surface area contributed by atoms with Gasteiger partial charge in [0.25, 0.3) is 0 Å². The summed E-state index contributed by atoms with van der Waals surface area (Å²) in [6.45, 7) is 5.06. The Hall–Kier alpha value is -2.02. The Morgan fingerprint density at radius 1 is 1.36 bits per heavy atom. The Balaban J connectivity index is 1.81. The summed E-state index contributed by atoms with van der Waals surface area (Å²) in [5.41, 5.74) is -0.0750. The Morgan fingerprint density at radius 3 is 2.61 bits per heavy atom. The van der Waals surface area contributed by atoms with Crippen LogP contribution < -0.4 is 10.6 Å². The van der Waals surface area contributed by atoms with Gasteiger partial charge < -0.3 is 20.4 Å². The third kappa shape index (κ3) is 3.41. The SMILES string of the molecule is CNC(C)C(=O)Nc1nsc(SC2=C(C(=O)O)N3C(=O)[C@H]([C@@H](C)O)[C@H]3[C@H]2C)n1. The van der Waals surface area contributed by atoms with Gasteiger partial charge in [0.2, 0.25) is 17.8 Å². The number of carboxylic acid groups (broad SMARTS) is 1. The molecule has 0 aliphatic carbocycles. The second kappa shape index (κ2) is 7.78. The minimum atomic E-state index is -1.20. The van der Waals surface area contributed by atoms with E-state index in [1.807, 2.05) is 6.92 Å². The molecular formula is C16H21N5O5S2. The van der Waals surface area contributed by atoms with Crippen molar-refractivity contribution in [3.63, 3.8) is 0 Å². The number of nitrogens with zero attached hydrogens (tertiary/aromatic N) is 3. The Bertz CT molecular complexity index is 854. The summed E-state index contributed by atoms with van der Waals surface area (Å²) in [6, 6.07) is -0.799. The number of anilines is 1. The molecule has 0 bridgehead atoms. The first kappa shape index (κ1) is 20.7. The average Bonchev–Trinajstić information content (AvgIpc) is 3.15. The number of carbonyl (C=O) groups excluding carboxylic acids is 2. The standard InChI is InChI=1S/C16H21N5O5S2/c1-5-9-8(7(3)22)13(24)21(9)10(14(25)26)11(5)27-16-19-15(20-28-16)18-12(23)6(2)17-4/h5-9,17,22H,1-4H3,(H,25,26)(H,18,20,23)/t5-,6?,7-,8-,9-/m1/s1. The summed E-state index contributed by atoms with van der Waals surface area (Å²) < 4.78 is 4.54. The van der Waals surface area contributed by atoms with Gasteiger partial charge in [0, 0.05) is 10.8 Å². The number of nitrogens with one attached hydrogen (secondary N) is 2. The third-order valence-electron chi connectivity index (χ3n) is 4.98. The highest BCUT2D eigenvalue weighted by Crippen LogP contribution is 2.52. The molecule has 0 spiro atoms. The molecule has 3 heterocycles. The molecule has 2 aliphatic rings. The van der Waals surface area contributed by atoms with Crippen LogP contribution in [-0.2, 0) is 14.4 Å². The number of aromatic nitrogens is 2. The molecule has 4 N–H and O–H groups in total. The van der Waals surface area contributed by atoms with Crippen molar-refractivity contribution in [2.75, 3.05) is 12.4 Å². The van der Waals surface area contributed by atoms with E-state index in [9.17, 15) is 24.6 Å². The molecule has 1 aromatic rings. The monoisotopic (exact) mass is 427 g/mol. The fourth-order valence-corrected chi connectivity index (χ4v) is 5.24. The Morgan fingerprint density at radius 2 is 2.04 bits per heavy atom. The molecule has 0 aromatic carbocycles. The quantitative estimate of drug-likeness (QED) is 0.452. The zero-order valence-electron chi connectivity index (χ0n) is 15.7. The lowest BCUT2D eigenvalue weighted by Crippen LogP contribution is -2.63. The smallest absolute Gasteiger partial charge is 0.353 e. The maximum absolute atomic E-state index is 12.3. The molecule has 28 heavy (non-hydrogen) atoms. The van der Waals surface area contributed by atoms with E-state index in [1.165, 1.54) is 11.8 Å². The second-order valence-electron chi connectivity index (χ2n) is 6.76. The number of rotatable bonds is 7. The zero-order chi connectivity index (χ0) is 20.7. The van der Waals surface area contributed by atoms with Crippen molar-refractivity contribution >= 4 is 47.0 Å². The fraction of sp³-hybridized carbons (Fsp3) is 0.562. The van der Waals surface area contributed by atoms with Crippen molar-refractivity contribution in [3.05, 3.63) is 10.6 Å². The predicted molar refractivity (Wildman–Crippen MR) is 103 cm³/mol. The van der Waals surface area contributed by atoms with Gasteiger partial charge in [-0.15, -0.1) is 0 Å². The molecule has 1 fully saturated rings. The van der Waals surface area contributed by atoms with E-state index in [0.717, 1.165) is 23.3 Å². The summed E-state index contributed by atoms with van der Waals surface area (Å²) in [7, 11) is 1.66. The van der Waals surface area contributed by atoms with Gasteiger partial charge in [-0.05, 0) is 32.4 Å². The topological polar surface area (TPSA) is 145 Å². The molecule has 1 unspecified atom stereocenters. The Kier molecular flexibility index (Phi) is 5.75. The zero-order valence-corrected chi connectivity index (χ0v) is 17.3. The van der Waals surface area contributed by atoms with E-state index in [2.05, 4.69) is 20.0 Å². The van der Waals surface area contributed by atoms with Crippen molar-refractivity contribution in [2.45, 2.75) is 43.3 Å². The van der Waals surface area contributed by atoms with Gasteiger partial charge in [0.1, 0.15) is 5.70 Å². The van der Waals surface area contributed by atoms with Crippen molar-refractivity contribution in [1.29, 1.82) is 0 Å². The highest BCUT2D eigenvalue weighted by molar-refractivity contribution is 8.04. The van der Waals surface area contributed by atoms with Crippen LogP contribution in [-0.4, -0.2) is 67.5 Å². The number of hydrogen-bond donors (Lipinski definition) is 4. The van der Waals surface area contributed by atoms with Gasteiger partial charge in [0.05, 0.1) is 24.1 Å². The predicted octanol–water partition coefficient (Wildman–Crippen LogP) is 0.330. The summed E-state index contributed by atoms with van der Waals surface area (Å²) in [4.78, 5) is 42.0. The van der Waals surface area contributed by atoms with E-state index in [0.29, 0.717) is 9.24 Å². The van der Waals surface area contributed by atoms with Gasteiger partial charge >= 0.3 is 5.97 Å². The first-order valence-corrected chi connectivity index (χ1v) is 10.2. The van der Waals surface area contributed by atoms with Crippen molar-refractivity contribution < 1.29 is 24.6 Å². The number of carbonyl (C=O) groups is 3. The van der Waals surface area contributed by atoms with Crippen LogP contribution in [0.25, 0.3) is 0 Å². The van der Waals surface area contributed by atoms with Crippen LogP contribution in [0.1, 0.15) is 20.8 Å². The highest BCUT2D eigenvalue weighted by atomic mass is 32.2. The minimum Gasteiger partial charge on any atom is -0.477 e. The van der Waals surface area contributed by atoms with Gasteiger partial charge in [-0.3, -0.25) is 14.9 Å². The number of β-lactam (4-membered cyclic amide) rings is 1. The molecule has 2 amide bonds. The Labute approximate surface area is 169 Å². The molecule has 12 heteroatoms. The van der Waals surface area contributed by atoms with Crippen LogP contribution in [0.4, 0.5) is 5.95 Å². The number of aliphatic hydroxyl groups is 1. The average molecular weight is 428 g/mol. The van der Waals surface area contributed by atoms with Crippen molar-refractivity contribution in [3.8, 4) is 0 Å². The summed E-state index contributed by atoms with van der Waals surface area (Å²) in [5.74, 6) is -2.61. The minimum absolute atomic E-state index is 0.0750. The van der Waals surface area contributed by atoms with Crippen LogP contribution in [0.15, 0.2) is 14.9 Å². The maximum Gasteiger partial charge on any atom is 0.353 e. The van der Waals surface area contributed by atoms with E-state index in [1.54, 1.807) is 14.0 Å². The van der Waals surface area contributed by atoms with Gasteiger partial charge in [0.15, 0.2) is 4.34 Å². The van der Waals surface area contributed by atoms with E-state index in [-0.39, 0.29) is 35.4 Å². The first-order valence-electron chi connectivity index (χ1n) is 8.65. The van der Waals surface area contributed by atoms with Crippen molar-refractivity contribution in [1.82, 2.24) is 19.6 Å². The molecule has 0 radical (unpaired) electrons. The summed E-state index contributed by atoms with van der Waals surface area (Å²) in [5, 5.41) is 24.9. The lowest BCUT2D eigenvalue weighted by molar-refractivity contribution is -0.163. The summed E-state index contributed by atoms with van der Waals surface area (Å²) >= 11 is 2.15. The molecule has 1 aromatic heterocycles. The van der Waals surface area contributed by atoms with Crippen LogP contribution >= 0.6 is 23.3 Å². The van der Waals surface area contributed by atoms with E-state index < -0.39 is 24.0 Å². The van der Waals surface area contributed by atoms with E-state index >= 15 is 0 Å². The molecule has 3 rings (SSSR count). The molecule has 0 saturated carbocycles. The third-order valence-corrected chi connectivity index (χ3v) is 7.01. The lowest BCUT2D eigenvalue weighted by atomic mass is 9.79. The fourth-order valence-electron chi connectivity index (χ4n) is 3.40.